The van der Waals surface area contributed by atoms with E-state index in [0.29, 0.717) is 17.1 Å². The molecule has 0 amide bonds. The van der Waals surface area contributed by atoms with Crippen molar-refractivity contribution in [2.24, 2.45) is 0 Å². The first-order valence-corrected chi connectivity index (χ1v) is 9.04. The highest BCUT2D eigenvalue weighted by atomic mass is 32.2. The second kappa shape index (κ2) is 6.69. The van der Waals surface area contributed by atoms with Crippen molar-refractivity contribution in [2.75, 3.05) is 0 Å². The lowest BCUT2D eigenvalue weighted by molar-refractivity contribution is 0.394. The maximum Gasteiger partial charge on any atom is 0.246 e. The summed E-state index contributed by atoms with van der Waals surface area (Å²) in [5.74, 6) is 0.800. The topological polar surface area (TPSA) is 111 Å². The van der Waals surface area contributed by atoms with Crippen LogP contribution in [0.5, 0.6) is 0 Å². The lowest BCUT2D eigenvalue weighted by Gasteiger charge is -2.16. The molecule has 1 N–H and O–H groups in total. The molecular formula is C16H17N5O3S. The Morgan fingerprint density at radius 2 is 1.88 bits per heavy atom. The quantitative estimate of drug-likeness (QED) is 0.743. The van der Waals surface area contributed by atoms with E-state index in [0.717, 1.165) is 5.56 Å². The minimum Gasteiger partial charge on any atom is -0.360 e. The van der Waals surface area contributed by atoms with Crippen molar-refractivity contribution in [1.82, 2.24) is 24.8 Å². The van der Waals surface area contributed by atoms with Crippen LogP contribution in [0.15, 0.2) is 46.3 Å². The van der Waals surface area contributed by atoms with E-state index in [-0.39, 0.29) is 10.7 Å². The Kier molecular flexibility index (Phi) is 4.60. The van der Waals surface area contributed by atoms with Gasteiger partial charge in [-0.1, -0.05) is 5.16 Å². The molecular weight excluding hydrogens is 342 g/mol. The van der Waals surface area contributed by atoms with Gasteiger partial charge in [0.05, 0.1) is 6.20 Å². The van der Waals surface area contributed by atoms with Crippen molar-refractivity contribution in [3.63, 3.8) is 0 Å². The third-order valence-electron chi connectivity index (χ3n) is 3.75. The summed E-state index contributed by atoms with van der Waals surface area (Å²) in [5.41, 5.74) is 2.23. The van der Waals surface area contributed by atoms with Gasteiger partial charge in [0.2, 0.25) is 10.0 Å². The second-order valence-corrected chi connectivity index (χ2v) is 7.24. The van der Waals surface area contributed by atoms with Crippen LogP contribution >= 0.6 is 0 Å². The molecule has 0 spiro atoms. The van der Waals surface area contributed by atoms with Gasteiger partial charge in [0.1, 0.15) is 4.90 Å². The third-order valence-corrected chi connectivity index (χ3v) is 5.39. The van der Waals surface area contributed by atoms with Crippen LogP contribution in [0.25, 0.3) is 11.4 Å². The average molecular weight is 359 g/mol. The zero-order chi connectivity index (χ0) is 18.0. The van der Waals surface area contributed by atoms with Gasteiger partial charge in [-0.3, -0.25) is 4.98 Å². The minimum atomic E-state index is -3.74. The smallest absolute Gasteiger partial charge is 0.246 e. The van der Waals surface area contributed by atoms with Gasteiger partial charge in [0, 0.05) is 41.5 Å². The molecule has 0 unspecified atom stereocenters. The predicted octanol–water partition coefficient (Wildman–Crippen LogP) is 2.18. The van der Waals surface area contributed by atoms with Crippen LogP contribution in [0.3, 0.4) is 0 Å². The summed E-state index contributed by atoms with van der Waals surface area (Å²) in [5, 5.41) is 3.51. The predicted molar refractivity (Wildman–Crippen MR) is 90.0 cm³/mol. The second-order valence-electron chi connectivity index (χ2n) is 5.56. The van der Waals surface area contributed by atoms with Crippen molar-refractivity contribution in [3.8, 4) is 11.4 Å². The highest BCUT2D eigenvalue weighted by Crippen LogP contribution is 2.22. The van der Waals surface area contributed by atoms with Gasteiger partial charge in [-0.15, -0.1) is 0 Å². The largest absolute Gasteiger partial charge is 0.360 e. The van der Waals surface area contributed by atoms with Gasteiger partial charge < -0.3 is 4.52 Å². The molecule has 0 saturated heterocycles. The molecule has 0 fully saturated rings. The van der Waals surface area contributed by atoms with E-state index in [1.165, 1.54) is 6.20 Å². The van der Waals surface area contributed by atoms with Crippen LogP contribution in [-0.4, -0.2) is 28.5 Å². The number of hydrogen-bond donors (Lipinski definition) is 1. The van der Waals surface area contributed by atoms with Crippen LogP contribution in [0.4, 0.5) is 0 Å². The van der Waals surface area contributed by atoms with Gasteiger partial charge in [-0.25, -0.2) is 23.1 Å². The molecule has 0 aliphatic rings. The molecule has 0 saturated carbocycles. The van der Waals surface area contributed by atoms with Crippen LogP contribution in [0.1, 0.15) is 30.0 Å². The maximum absolute atomic E-state index is 12.4. The normalized spacial score (nSPS) is 12.9. The fourth-order valence-electron chi connectivity index (χ4n) is 2.45. The molecule has 25 heavy (non-hydrogen) atoms. The molecule has 9 heteroatoms. The molecule has 0 radical (unpaired) electrons. The maximum atomic E-state index is 12.4. The average Bonchev–Trinajstić information content (AvgIpc) is 3.02. The number of pyridine rings is 1. The van der Waals surface area contributed by atoms with Crippen LogP contribution in [0.2, 0.25) is 0 Å². The van der Waals surface area contributed by atoms with E-state index < -0.39 is 16.1 Å². The van der Waals surface area contributed by atoms with E-state index in [1.54, 1.807) is 32.4 Å². The molecule has 0 aromatic carbocycles. The molecule has 0 bridgehead atoms. The molecule has 3 aromatic heterocycles. The molecule has 3 heterocycles. The number of rotatable bonds is 5. The highest BCUT2D eigenvalue weighted by molar-refractivity contribution is 7.89. The molecule has 3 rings (SSSR count). The van der Waals surface area contributed by atoms with Gasteiger partial charge in [0.25, 0.3) is 0 Å². The summed E-state index contributed by atoms with van der Waals surface area (Å²) >= 11 is 0. The summed E-state index contributed by atoms with van der Waals surface area (Å²) < 4.78 is 32.3. The van der Waals surface area contributed by atoms with E-state index >= 15 is 0 Å². The van der Waals surface area contributed by atoms with Crippen molar-refractivity contribution in [2.45, 2.75) is 31.7 Å². The van der Waals surface area contributed by atoms with Gasteiger partial charge >= 0.3 is 0 Å². The SMILES string of the molecule is Cc1nc(-c2ccncc2)ncc1[C@@H](C)NS(=O)(=O)c1cnoc1C. The Labute approximate surface area is 145 Å². The molecule has 0 aliphatic carbocycles. The minimum absolute atomic E-state index is 0.0197. The van der Waals surface area contributed by atoms with Crippen molar-refractivity contribution in [3.05, 3.63) is 53.9 Å². The lowest BCUT2D eigenvalue weighted by Crippen LogP contribution is -2.28. The van der Waals surface area contributed by atoms with Crippen LogP contribution in [0, 0.1) is 13.8 Å². The van der Waals surface area contributed by atoms with Crippen LogP contribution in [-0.2, 0) is 10.0 Å². The van der Waals surface area contributed by atoms with E-state index in [9.17, 15) is 8.42 Å². The molecule has 1 atom stereocenters. The Morgan fingerprint density at radius 1 is 1.16 bits per heavy atom. The molecule has 8 nitrogen and oxygen atoms in total. The Morgan fingerprint density at radius 3 is 2.48 bits per heavy atom. The molecule has 0 aliphatic heterocycles. The molecule has 130 valence electrons. The Hall–Kier alpha value is -2.65. The van der Waals surface area contributed by atoms with Crippen molar-refractivity contribution in [1.29, 1.82) is 0 Å². The van der Waals surface area contributed by atoms with Gasteiger partial charge in [0.15, 0.2) is 11.6 Å². The zero-order valence-electron chi connectivity index (χ0n) is 14.0. The first kappa shape index (κ1) is 17.2. The fourth-order valence-corrected chi connectivity index (χ4v) is 3.77. The zero-order valence-corrected chi connectivity index (χ0v) is 14.8. The number of nitrogens with one attached hydrogen (secondary N) is 1. The number of aromatic nitrogens is 4. The third kappa shape index (κ3) is 3.57. The first-order valence-electron chi connectivity index (χ1n) is 7.56. The van der Waals surface area contributed by atoms with E-state index in [1.807, 2.05) is 19.1 Å². The fraction of sp³-hybridized carbons (Fsp3) is 0.250. The van der Waals surface area contributed by atoms with Crippen molar-refractivity contribution >= 4 is 10.0 Å². The van der Waals surface area contributed by atoms with E-state index in [4.69, 9.17) is 4.52 Å². The Balaban J connectivity index is 1.86. The monoisotopic (exact) mass is 359 g/mol. The molecule has 3 aromatic rings. The Bertz CT molecular complexity index is 986. The number of aryl methyl sites for hydroxylation is 2. The van der Waals surface area contributed by atoms with Gasteiger partial charge in [-0.2, -0.15) is 0 Å². The summed E-state index contributed by atoms with van der Waals surface area (Å²) in [7, 11) is -3.74. The summed E-state index contributed by atoms with van der Waals surface area (Å²) in [4.78, 5) is 12.8. The first-order chi connectivity index (χ1) is 11.9. The van der Waals surface area contributed by atoms with Crippen molar-refractivity contribution < 1.29 is 12.9 Å². The van der Waals surface area contributed by atoms with Crippen LogP contribution < -0.4 is 4.72 Å². The van der Waals surface area contributed by atoms with E-state index in [2.05, 4.69) is 24.8 Å². The number of hydrogen-bond acceptors (Lipinski definition) is 7. The summed E-state index contributed by atoms with van der Waals surface area (Å²) in [6.07, 6.45) is 6.14. The highest BCUT2D eigenvalue weighted by Gasteiger charge is 2.24. The lowest BCUT2D eigenvalue weighted by atomic mass is 10.1. The summed E-state index contributed by atoms with van der Waals surface area (Å²) in [6.45, 7) is 5.10. The summed E-state index contributed by atoms with van der Waals surface area (Å²) in [6, 6.07) is 3.12. The number of sulfonamides is 1. The van der Waals surface area contributed by atoms with Gasteiger partial charge in [-0.05, 0) is 32.9 Å². The number of nitrogens with zero attached hydrogens (tertiary/aromatic N) is 4. The standard InChI is InChI=1S/C16H17N5O3S/c1-10-14(8-18-16(20-10)13-4-6-17-7-5-13)11(2)21-25(22,23)15-9-19-24-12(15)3/h4-9,11,21H,1-3H3/t11-/m1/s1.